The van der Waals surface area contributed by atoms with Crippen LogP contribution in [-0.2, 0) is 16.0 Å². The van der Waals surface area contributed by atoms with Crippen LogP contribution in [0, 0.1) is 0 Å². The van der Waals surface area contributed by atoms with Crippen LogP contribution in [0.3, 0.4) is 0 Å². The molecule has 170 valence electrons. The molecule has 4 amide bonds. The van der Waals surface area contributed by atoms with Crippen molar-refractivity contribution in [2.24, 2.45) is 0 Å². The largest absolute Gasteiger partial charge is 0.343 e. The first kappa shape index (κ1) is 23.1. The second-order valence-corrected chi connectivity index (χ2v) is 8.25. The lowest BCUT2D eigenvalue weighted by molar-refractivity contribution is -0.131. The van der Waals surface area contributed by atoms with Gasteiger partial charge in [0, 0.05) is 57.9 Å². The van der Waals surface area contributed by atoms with Gasteiger partial charge in [0.2, 0.25) is 11.8 Å². The number of hydrogen-bond acceptors (Lipinski definition) is 4. The van der Waals surface area contributed by atoms with Crippen LogP contribution < -0.4 is 10.6 Å². The summed E-state index contributed by atoms with van der Waals surface area (Å²) in [6.45, 7) is 6.89. The normalized spacial score (nSPS) is 17.3. The predicted octanol–water partition coefficient (Wildman–Crippen LogP) is 1.92. The van der Waals surface area contributed by atoms with E-state index < -0.39 is 0 Å². The van der Waals surface area contributed by atoms with E-state index in [1.807, 2.05) is 29.2 Å². The van der Waals surface area contributed by atoms with Crippen molar-refractivity contribution >= 4 is 23.5 Å². The van der Waals surface area contributed by atoms with Crippen molar-refractivity contribution in [2.45, 2.75) is 39.0 Å². The molecule has 31 heavy (non-hydrogen) atoms. The van der Waals surface area contributed by atoms with Gasteiger partial charge in [-0.25, -0.2) is 4.79 Å². The molecule has 0 spiro atoms. The van der Waals surface area contributed by atoms with Crippen molar-refractivity contribution in [1.29, 1.82) is 0 Å². The quantitative estimate of drug-likeness (QED) is 0.694. The van der Waals surface area contributed by atoms with Crippen molar-refractivity contribution < 1.29 is 14.4 Å². The van der Waals surface area contributed by atoms with Gasteiger partial charge >= 0.3 is 6.03 Å². The van der Waals surface area contributed by atoms with Crippen LogP contribution in [-0.4, -0.2) is 84.9 Å². The smallest absolute Gasteiger partial charge is 0.317 e. The first-order chi connectivity index (χ1) is 15.1. The zero-order valence-electron chi connectivity index (χ0n) is 18.6. The maximum Gasteiger partial charge on any atom is 0.317 e. The van der Waals surface area contributed by atoms with Gasteiger partial charge in [-0.3, -0.25) is 14.5 Å². The molecule has 2 N–H and O–H groups in total. The number of piperazine rings is 1. The number of piperidine rings is 1. The van der Waals surface area contributed by atoms with Crippen molar-refractivity contribution in [2.75, 3.05) is 57.7 Å². The van der Waals surface area contributed by atoms with Crippen LogP contribution in [0.25, 0.3) is 0 Å². The minimum absolute atomic E-state index is 0.0324. The molecule has 0 radical (unpaired) electrons. The van der Waals surface area contributed by atoms with Crippen LogP contribution >= 0.6 is 0 Å². The first-order valence-corrected chi connectivity index (χ1v) is 11.5. The van der Waals surface area contributed by atoms with Crippen LogP contribution in [0.15, 0.2) is 24.3 Å². The number of benzene rings is 1. The molecule has 1 aromatic rings. The van der Waals surface area contributed by atoms with E-state index >= 15 is 0 Å². The maximum atomic E-state index is 12.4. The summed E-state index contributed by atoms with van der Waals surface area (Å²) in [5, 5.41) is 5.86. The topological polar surface area (TPSA) is 85.0 Å². The Kier molecular flexibility index (Phi) is 8.70. The summed E-state index contributed by atoms with van der Waals surface area (Å²) in [7, 11) is 0. The highest BCUT2D eigenvalue weighted by atomic mass is 16.2. The number of anilines is 1. The van der Waals surface area contributed by atoms with E-state index in [2.05, 4.69) is 22.5 Å². The molecule has 0 unspecified atom stereocenters. The van der Waals surface area contributed by atoms with E-state index in [1.165, 1.54) is 6.42 Å². The molecule has 0 atom stereocenters. The third-order valence-electron chi connectivity index (χ3n) is 6.02. The van der Waals surface area contributed by atoms with E-state index in [0.29, 0.717) is 45.7 Å². The average molecular weight is 430 g/mol. The lowest BCUT2D eigenvalue weighted by Crippen LogP contribution is -2.53. The highest BCUT2D eigenvalue weighted by Crippen LogP contribution is 2.15. The molecule has 0 bridgehead atoms. The van der Waals surface area contributed by atoms with Gasteiger partial charge in [-0.1, -0.05) is 25.1 Å². The van der Waals surface area contributed by atoms with Gasteiger partial charge in [0.05, 0.1) is 6.54 Å². The van der Waals surface area contributed by atoms with Crippen LogP contribution in [0.5, 0.6) is 0 Å². The SMILES string of the molecule is CCc1ccccc1NC(=O)CN1CCN(C(=O)NCCC(=O)N2CCCCC2)CC1. The minimum Gasteiger partial charge on any atom is -0.343 e. The molecule has 8 nitrogen and oxygen atoms in total. The fourth-order valence-electron chi connectivity index (χ4n) is 4.14. The van der Waals surface area contributed by atoms with Crippen LogP contribution in [0.4, 0.5) is 10.5 Å². The van der Waals surface area contributed by atoms with E-state index in [9.17, 15) is 14.4 Å². The second-order valence-electron chi connectivity index (χ2n) is 8.25. The molecule has 0 saturated carbocycles. The number of amides is 4. The molecule has 2 fully saturated rings. The average Bonchev–Trinajstić information content (AvgIpc) is 2.80. The fraction of sp³-hybridized carbons (Fsp3) is 0.609. The number of likely N-dealkylation sites (tertiary alicyclic amines) is 1. The summed E-state index contributed by atoms with van der Waals surface area (Å²) in [5.74, 6) is 0.0931. The van der Waals surface area contributed by atoms with Crippen molar-refractivity contribution in [3.05, 3.63) is 29.8 Å². The molecule has 3 rings (SSSR count). The molecule has 2 aliphatic heterocycles. The lowest BCUT2D eigenvalue weighted by Gasteiger charge is -2.34. The number of nitrogens with one attached hydrogen (secondary N) is 2. The molecule has 2 saturated heterocycles. The van der Waals surface area contributed by atoms with Crippen LogP contribution in [0.1, 0.15) is 38.2 Å². The second kappa shape index (κ2) is 11.7. The van der Waals surface area contributed by atoms with Crippen molar-refractivity contribution in [3.8, 4) is 0 Å². The zero-order valence-corrected chi connectivity index (χ0v) is 18.6. The van der Waals surface area contributed by atoms with E-state index in [1.54, 1.807) is 4.90 Å². The summed E-state index contributed by atoms with van der Waals surface area (Å²) in [6, 6.07) is 7.71. The lowest BCUT2D eigenvalue weighted by atomic mass is 10.1. The number of carbonyl (C=O) groups is 3. The summed E-state index contributed by atoms with van der Waals surface area (Å²) < 4.78 is 0. The molecular weight excluding hydrogens is 394 g/mol. The van der Waals surface area contributed by atoms with E-state index in [-0.39, 0.29) is 17.8 Å². The minimum atomic E-state index is -0.132. The Balaban J connectivity index is 1.33. The third-order valence-corrected chi connectivity index (χ3v) is 6.02. The van der Waals surface area contributed by atoms with Gasteiger partial charge in [0.15, 0.2) is 0 Å². The van der Waals surface area contributed by atoms with E-state index in [4.69, 9.17) is 0 Å². The monoisotopic (exact) mass is 429 g/mol. The molecule has 2 aliphatic rings. The summed E-state index contributed by atoms with van der Waals surface area (Å²) in [5.41, 5.74) is 1.99. The Bertz CT molecular complexity index is 755. The predicted molar refractivity (Wildman–Crippen MR) is 121 cm³/mol. The Morgan fingerprint density at radius 1 is 0.903 bits per heavy atom. The van der Waals surface area contributed by atoms with Crippen molar-refractivity contribution in [1.82, 2.24) is 20.0 Å². The Morgan fingerprint density at radius 3 is 2.32 bits per heavy atom. The summed E-state index contributed by atoms with van der Waals surface area (Å²) in [6.07, 6.45) is 4.57. The summed E-state index contributed by atoms with van der Waals surface area (Å²) >= 11 is 0. The number of rotatable bonds is 7. The Labute approximate surface area is 184 Å². The van der Waals surface area contributed by atoms with Gasteiger partial charge < -0.3 is 20.4 Å². The first-order valence-electron chi connectivity index (χ1n) is 11.5. The van der Waals surface area contributed by atoms with Crippen LogP contribution in [0.2, 0.25) is 0 Å². The van der Waals surface area contributed by atoms with Gasteiger partial charge in [0.25, 0.3) is 0 Å². The highest BCUT2D eigenvalue weighted by Gasteiger charge is 2.23. The number of nitrogens with zero attached hydrogens (tertiary/aromatic N) is 3. The number of para-hydroxylation sites is 1. The number of aryl methyl sites for hydroxylation is 1. The molecular formula is C23H35N5O3. The summed E-state index contributed by atoms with van der Waals surface area (Å²) in [4.78, 5) is 42.7. The van der Waals surface area contributed by atoms with Gasteiger partial charge in [-0.05, 0) is 37.3 Å². The van der Waals surface area contributed by atoms with Crippen molar-refractivity contribution in [3.63, 3.8) is 0 Å². The zero-order chi connectivity index (χ0) is 22.1. The molecule has 2 heterocycles. The number of carbonyl (C=O) groups excluding carboxylic acids is 3. The van der Waals surface area contributed by atoms with Gasteiger partial charge in [0.1, 0.15) is 0 Å². The fourth-order valence-corrected chi connectivity index (χ4v) is 4.14. The standard InChI is InChI=1S/C23H35N5O3/c1-2-19-8-4-5-9-20(19)25-21(29)18-26-14-16-28(17-15-26)23(31)24-11-10-22(30)27-12-6-3-7-13-27/h4-5,8-9H,2-3,6-7,10-18H2,1H3,(H,24,31)(H,25,29). The Hall–Kier alpha value is -2.61. The Morgan fingerprint density at radius 2 is 1.61 bits per heavy atom. The molecule has 8 heteroatoms. The molecule has 0 aliphatic carbocycles. The highest BCUT2D eigenvalue weighted by molar-refractivity contribution is 5.93. The molecule has 0 aromatic heterocycles. The number of urea groups is 1. The number of hydrogen-bond donors (Lipinski definition) is 2. The third kappa shape index (κ3) is 6.95. The van der Waals surface area contributed by atoms with E-state index in [0.717, 1.165) is 43.6 Å². The maximum absolute atomic E-state index is 12.4. The van der Waals surface area contributed by atoms with Gasteiger partial charge in [-0.2, -0.15) is 0 Å². The van der Waals surface area contributed by atoms with Gasteiger partial charge in [-0.15, -0.1) is 0 Å². The molecule has 1 aromatic carbocycles.